The quantitative estimate of drug-likeness (QED) is 0.768. The van der Waals surface area contributed by atoms with Crippen LogP contribution in [0.4, 0.5) is 18.9 Å². The fraction of sp³-hybridized carbons (Fsp3) is 0.538. The van der Waals surface area contributed by atoms with E-state index in [2.05, 4.69) is 20.4 Å². The fourth-order valence-electron chi connectivity index (χ4n) is 1.61. The van der Waals surface area contributed by atoms with E-state index in [0.29, 0.717) is 11.6 Å². The smallest absolute Gasteiger partial charge is 0.422 e. The first-order valence-electron chi connectivity index (χ1n) is 6.58. The lowest BCUT2D eigenvalue weighted by Gasteiger charge is -2.09. The highest BCUT2D eigenvalue weighted by Gasteiger charge is 2.28. The van der Waals surface area contributed by atoms with Crippen molar-refractivity contribution in [2.45, 2.75) is 19.0 Å². The number of carbonyl (C=O) groups is 1. The van der Waals surface area contributed by atoms with Crippen molar-refractivity contribution in [1.82, 2.24) is 10.3 Å². The molecular formula is C13H18Cl2F3N3O2. The molecule has 1 heterocycles. The zero-order chi connectivity index (χ0) is 15.3. The average molecular weight is 376 g/mol. The van der Waals surface area contributed by atoms with Crippen LogP contribution in [0.2, 0.25) is 0 Å². The predicted octanol–water partition coefficient (Wildman–Crippen LogP) is 2.80. The van der Waals surface area contributed by atoms with Crippen molar-refractivity contribution in [3.8, 4) is 5.88 Å². The van der Waals surface area contributed by atoms with Gasteiger partial charge in [0.15, 0.2) is 6.61 Å². The van der Waals surface area contributed by atoms with Crippen molar-refractivity contribution >= 4 is 36.4 Å². The number of ether oxygens (including phenoxy) is 1. The first-order chi connectivity index (χ1) is 9.92. The van der Waals surface area contributed by atoms with E-state index in [4.69, 9.17) is 0 Å². The summed E-state index contributed by atoms with van der Waals surface area (Å²) in [6.45, 7) is -0.366. The molecular weight excluding hydrogens is 358 g/mol. The highest BCUT2D eigenvalue weighted by Crippen LogP contribution is 2.27. The maximum Gasteiger partial charge on any atom is 0.422 e. The Bertz CT molecular complexity index is 482. The normalized spacial score (nSPS) is 13.5. The van der Waals surface area contributed by atoms with Crippen LogP contribution in [-0.2, 0) is 4.79 Å². The van der Waals surface area contributed by atoms with Crippen LogP contribution in [0.1, 0.15) is 12.8 Å². The largest absolute Gasteiger partial charge is 0.468 e. The van der Waals surface area contributed by atoms with Gasteiger partial charge in [-0.15, -0.1) is 24.8 Å². The molecule has 10 heteroatoms. The van der Waals surface area contributed by atoms with E-state index in [1.165, 1.54) is 31.2 Å². The lowest BCUT2D eigenvalue weighted by atomic mass is 10.4. The lowest BCUT2D eigenvalue weighted by Crippen LogP contribution is -2.29. The van der Waals surface area contributed by atoms with Crippen molar-refractivity contribution in [3.05, 3.63) is 18.3 Å². The molecule has 1 aromatic rings. The van der Waals surface area contributed by atoms with E-state index in [-0.39, 0.29) is 43.1 Å². The van der Waals surface area contributed by atoms with Crippen LogP contribution in [0.15, 0.2) is 18.3 Å². The number of carbonyl (C=O) groups excluding carboxylic acids is 1. The van der Waals surface area contributed by atoms with Crippen molar-refractivity contribution in [3.63, 3.8) is 0 Å². The zero-order valence-electron chi connectivity index (χ0n) is 12.1. The standard InChI is InChI=1S/C13H16F3N3O2.2ClH/c14-13(15,16)8-21-12-4-3-10(6-18-12)19-11(20)7-17-5-9-1-2-9;;/h3-4,6,9,17H,1-2,5,7-8H2,(H,19,20);2*1H. The van der Waals surface area contributed by atoms with Gasteiger partial charge in [0.05, 0.1) is 18.4 Å². The summed E-state index contributed by atoms with van der Waals surface area (Å²) < 4.78 is 40.3. The Morgan fingerprint density at radius 2 is 2.00 bits per heavy atom. The molecule has 1 aliphatic rings. The van der Waals surface area contributed by atoms with Gasteiger partial charge >= 0.3 is 6.18 Å². The molecule has 5 nitrogen and oxygen atoms in total. The van der Waals surface area contributed by atoms with Gasteiger partial charge in [0.25, 0.3) is 0 Å². The summed E-state index contributed by atoms with van der Waals surface area (Å²) in [5.41, 5.74) is 0.410. The summed E-state index contributed by atoms with van der Waals surface area (Å²) in [5, 5.41) is 5.63. The third-order valence-electron chi connectivity index (χ3n) is 2.82. The molecule has 23 heavy (non-hydrogen) atoms. The molecule has 1 aliphatic carbocycles. The Morgan fingerprint density at radius 3 is 2.52 bits per heavy atom. The Kier molecular flexibility index (Phi) is 9.26. The van der Waals surface area contributed by atoms with Crippen molar-refractivity contribution < 1.29 is 22.7 Å². The van der Waals surface area contributed by atoms with E-state index in [0.717, 1.165) is 6.54 Å². The number of halogens is 5. The fourth-order valence-corrected chi connectivity index (χ4v) is 1.61. The second kappa shape index (κ2) is 9.79. The van der Waals surface area contributed by atoms with E-state index < -0.39 is 12.8 Å². The van der Waals surface area contributed by atoms with Gasteiger partial charge in [-0.25, -0.2) is 4.98 Å². The minimum absolute atomic E-state index is 0. The molecule has 0 radical (unpaired) electrons. The van der Waals surface area contributed by atoms with Gasteiger partial charge in [-0.1, -0.05) is 0 Å². The number of nitrogens with zero attached hydrogens (tertiary/aromatic N) is 1. The van der Waals surface area contributed by atoms with Gasteiger partial charge in [-0.2, -0.15) is 13.2 Å². The van der Waals surface area contributed by atoms with Crippen LogP contribution < -0.4 is 15.4 Å². The topological polar surface area (TPSA) is 63.2 Å². The molecule has 0 spiro atoms. The van der Waals surface area contributed by atoms with E-state index >= 15 is 0 Å². The van der Waals surface area contributed by atoms with Gasteiger partial charge in [0.2, 0.25) is 11.8 Å². The van der Waals surface area contributed by atoms with Crippen molar-refractivity contribution in [1.29, 1.82) is 0 Å². The second-order valence-electron chi connectivity index (χ2n) is 4.91. The van der Waals surface area contributed by atoms with Crippen molar-refractivity contribution in [2.24, 2.45) is 5.92 Å². The number of amides is 1. The minimum Gasteiger partial charge on any atom is -0.468 e. The molecule has 132 valence electrons. The highest BCUT2D eigenvalue weighted by molar-refractivity contribution is 5.92. The van der Waals surface area contributed by atoms with E-state index in [9.17, 15) is 18.0 Å². The summed E-state index contributed by atoms with van der Waals surface area (Å²) >= 11 is 0. The molecule has 0 aromatic carbocycles. The van der Waals surface area contributed by atoms with Crippen LogP contribution >= 0.6 is 24.8 Å². The van der Waals surface area contributed by atoms with Gasteiger partial charge in [0.1, 0.15) is 0 Å². The molecule has 0 aliphatic heterocycles. The number of hydrogen-bond acceptors (Lipinski definition) is 4. The molecule has 0 atom stereocenters. The molecule has 1 amide bonds. The first kappa shape index (κ1) is 21.8. The number of nitrogens with one attached hydrogen (secondary N) is 2. The average Bonchev–Trinajstić information content (AvgIpc) is 3.21. The summed E-state index contributed by atoms with van der Waals surface area (Å²) in [6, 6.07) is 2.72. The third kappa shape index (κ3) is 9.47. The highest BCUT2D eigenvalue weighted by atomic mass is 35.5. The Morgan fingerprint density at radius 1 is 1.30 bits per heavy atom. The van der Waals surface area contributed by atoms with Gasteiger partial charge in [-0.05, 0) is 31.4 Å². The number of pyridine rings is 1. The monoisotopic (exact) mass is 375 g/mol. The number of aromatic nitrogens is 1. The molecule has 2 N–H and O–H groups in total. The molecule has 0 saturated heterocycles. The Balaban J connectivity index is 0.00000242. The molecule has 0 unspecified atom stereocenters. The van der Waals surface area contributed by atoms with Crippen LogP contribution in [0.5, 0.6) is 5.88 Å². The predicted molar refractivity (Wildman–Crippen MR) is 84.5 cm³/mol. The van der Waals surface area contributed by atoms with Gasteiger partial charge in [0, 0.05) is 6.07 Å². The SMILES string of the molecule is Cl.Cl.O=C(CNCC1CC1)Nc1ccc(OCC(F)(F)F)nc1. The summed E-state index contributed by atoms with van der Waals surface area (Å²) in [4.78, 5) is 15.3. The van der Waals surface area contributed by atoms with Crippen molar-refractivity contribution in [2.75, 3.05) is 25.0 Å². The summed E-state index contributed by atoms with van der Waals surface area (Å²) in [5.74, 6) is 0.322. The number of hydrogen-bond donors (Lipinski definition) is 2. The van der Waals surface area contributed by atoms with E-state index in [1.807, 2.05) is 0 Å². The second-order valence-corrected chi connectivity index (χ2v) is 4.91. The Labute approximate surface area is 144 Å². The van der Waals surface area contributed by atoms with Crippen LogP contribution in [0.25, 0.3) is 0 Å². The first-order valence-corrected chi connectivity index (χ1v) is 6.58. The van der Waals surface area contributed by atoms with E-state index in [1.54, 1.807) is 0 Å². The lowest BCUT2D eigenvalue weighted by molar-refractivity contribution is -0.154. The molecule has 1 saturated carbocycles. The minimum atomic E-state index is -4.40. The third-order valence-corrected chi connectivity index (χ3v) is 2.82. The number of alkyl halides is 3. The summed E-state index contributed by atoms with van der Waals surface area (Å²) in [7, 11) is 0. The van der Waals surface area contributed by atoms with Gasteiger partial charge in [-0.3, -0.25) is 4.79 Å². The zero-order valence-corrected chi connectivity index (χ0v) is 13.7. The van der Waals surface area contributed by atoms with Gasteiger partial charge < -0.3 is 15.4 Å². The van der Waals surface area contributed by atoms with Crippen LogP contribution in [-0.4, -0.2) is 36.8 Å². The number of anilines is 1. The molecule has 1 aromatic heterocycles. The summed E-state index contributed by atoms with van der Waals surface area (Å²) in [6.07, 6.45) is -0.734. The molecule has 1 fully saturated rings. The number of rotatable bonds is 7. The maximum absolute atomic E-state index is 12.0. The van der Waals surface area contributed by atoms with Crippen LogP contribution in [0, 0.1) is 5.92 Å². The molecule has 2 rings (SSSR count). The van der Waals surface area contributed by atoms with Crippen LogP contribution in [0.3, 0.4) is 0 Å². The molecule has 0 bridgehead atoms. The maximum atomic E-state index is 12.0. The Hall–Kier alpha value is -1.25.